The minimum atomic E-state index is 0.199. The van der Waals surface area contributed by atoms with Crippen molar-refractivity contribution in [1.82, 2.24) is 0 Å². The zero-order valence-electron chi connectivity index (χ0n) is 13.2. The predicted octanol–water partition coefficient (Wildman–Crippen LogP) is 3.90. The van der Waals surface area contributed by atoms with Crippen LogP contribution in [-0.2, 0) is 25.7 Å². The third-order valence-electron chi connectivity index (χ3n) is 4.65. The first-order valence-corrected chi connectivity index (χ1v) is 8.04. The van der Waals surface area contributed by atoms with Crippen LogP contribution < -0.4 is 5.73 Å². The molecule has 2 N–H and O–H groups in total. The van der Waals surface area contributed by atoms with Gasteiger partial charge >= 0.3 is 0 Å². The van der Waals surface area contributed by atoms with Crippen molar-refractivity contribution in [3.63, 3.8) is 0 Å². The van der Waals surface area contributed by atoms with E-state index in [0.29, 0.717) is 0 Å². The van der Waals surface area contributed by atoms with Crippen LogP contribution in [0.2, 0.25) is 0 Å². The largest absolute Gasteiger partial charge is 0.327 e. The molecule has 1 atom stereocenters. The lowest BCUT2D eigenvalue weighted by molar-refractivity contribution is 0.662. The quantitative estimate of drug-likeness (QED) is 0.902. The summed E-state index contributed by atoms with van der Waals surface area (Å²) in [7, 11) is 0. The van der Waals surface area contributed by atoms with Gasteiger partial charge in [-0.3, -0.25) is 0 Å². The molecule has 3 rings (SSSR count). The number of fused-ring (bicyclic) bond motifs is 1. The zero-order valence-corrected chi connectivity index (χ0v) is 13.2. The Morgan fingerprint density at radius 2 is 1.76 bits per heavy atom. The normalized spacial score (nSPS) is 15.0. The van der Waals surface area contributed by atoms with Crippen molar-refractivity contribution in [1.29, 1.82) is 0 Å². The van der Waals surface area contributed by atoms with E-state index in [-0.39, 0.29) is 6.04 Å². The van der Waals surface area contributed by atoms with Crippen molar-refractivity contribution in [3.05, 3.63) is 69.8 Å². The zero-order chi connectivity index (χ0) is 14.8. The van der Waals surface area contributed by atoms with Gasteiger partial charge in [0, 0.05) is 6.04 Å². The molecular formula is C20H25N. The Morgan fingerprint density at radius 1 is 0.952 bits per heavy atom. The van der Waals surface area contributed by atoms with E-state index in [1.54, 1.807) is 11.1 Å². The SMILES string of the molecule is Cc1ccc(C)c(CC(N)Cc2ccc3c(c2)CCC3)c1. The van der Waals surface area contributed by atoms with Crippen molar-refractivity contribution in [3.8, 4) is 0 Å². The summed E-state index contributed by atoms with van der Waals surface area (Å²) in [6.07, 6.45) is 5.75. The van der Waals surface area contributed by atoms with E-state index in [9.17, 15) is 0 Å². The number of rotatable bonds is 4. The molecule has 1 aliphatic carbocycles. The Bertz CT molecular complexity index is 642. The van der Waals surface area contributed by atoms with E-state index in [1.807, 2.05) is 0 Å². The van der Waals surface area contributed by atoms with E-state index < -0.39 is 0 Å². The second kappa shape index (κ2) is 6.03. The van der Waals surface area contributed by atoms with Crippen LogP contribution in [0.15, 0.2) is 36.4 Å². The molecule has 0 bridgehead atoms. The Hall–Kier alpha value is -1.60. The third-order valence-corrected chi connectivity index (χ3v) is 4.65. The van der Waals surface area contributed by atoms with Crippen LogP contribution in [0.3, 0.4) is 0 Å². The van der Waals surface area contributed by atoms with Gasteiger partial charge in [0.1, 0.15) is 0 Å². The van der Waals surface area contributed by atoms with Crippen LogP contribution in [0, 0.1) is 13.8 Å². The van der Waals surface area contributed by atoms with Crippen molar-refractivity contribution >= 4 is 0 Å². The molecule has 1 heteroatoms. The number of nitrogens with two attached hydrogens (primary N) is 1. The molecule has 0 saturated carbocycles. The first-order valence-electron chi connectivity index (χ1n) is 8.04. The monoisotopic (exact) mass is 279 g/mol. The Morgan fingerprint density at radius 3 is 2.62 bits per heavy atom. The van der Waals surface area contributed by atoms with E-state index in [4.69, 9.17) is 5.73 Å². The number of benzene rings is 2. The second-order valence-electron chi connectivity index (χ2n) is 6.55. The van der Waals surface area contributed by atoms with Crippen LogP contribution in [0.25, 0.3) is 0 Å². The van der Waals surface area contributed by atoms with Gasteiger partial charge in [-0.1, -0.05) is 42.0 Å². The summed E-state index contributed by atoms with van der Waals surface area (Å²) in [5.41, 5.74) is 15.0. The van der Waals surface area contributed by atoms with Gasteiger partial charge in [0.2, 0.25) is 0 Å². The Kier molecular flexibility index (Phi) is 4.12. The Balaban J connectivity index is 1.69. The van der Waals surface area contributed by atoms with Crippen LogP contribution in [0.5, 0.6) is 0 Å². The second-order valence-corrected chi connectivity index (χ2v) is 6.55. The molecule has 21 heavy (non-hydrogen) atoms. The first kappa shape index (κ1) is 14.3. The van der Waals surface area contributed by atoms with Crippen LogP contribution in [0.1, 0.15) is 39.8 Å². The third kappa shape index (κ3) is 3.36. The molecule has 0 aliphatic heterocycles. The molecule has 110 valence electrons. The van der Waals surface area contributed by atoms with Gasteiger partial charge in [0.15, 0.2) is 0 Å². The number of aryl methyl sites for hydroxylation is 4. The smallest absolute Gasteiger partial charge is 0.0120 e. The van der Waals surface area contributed by atoms with E-state index in [0.717, 1.165) is 12.8 Å². The predicted molar refractivity (Wildman–Crippen MR) is 89.8 cm³/mol. The average Bonchev–Trinajstić information content (AvgIpc) is 2.90. The van der Waals surface area contributed by atoms with Crippen molar-refractivity contribution in [2.75, 3.05) is 0 Å². The van der Waals surface area contributed by atoms with Crippen LogP contribution in [-0.4, -0.2) is 6.04 Å². The number of hydrogen-bond acceptors (Lipinski definition) is 1. The van der Waals surface area contributed by atoms with Gasteiger partial charge in [-0.05, 0) is 73.8 Å². The maximum Gasteiger partial charge on any atom is 0.0120 e. The van der Waals surface area contributed by atoms with Crippen LogP contribution >= 0.6 is 0 Å². The van der Waals surface area contributed by atoms with Crippen molar-refractivity contribution < 1.29 is 0 Å². The molecule has 0 aromatic heterocycles. The van der Waals surface area contributed by atoms with Gasteiger partial charge in [0.25, 0.3) is 0 Å². The minimum Gasteiger partial charge on any atom is -0.327 e. The van der Waals surface area contributed by atoms with Gasteiger partial charge in [-0.25, -0.2) is 0 Å². The highest BCUT2D eigenvalue weighted by atomic mass is 14.6. The minimum absolute atomic E-state index is 0.199. The molecule has 0 spiro atoms. The van der Waals surface area contributed by atoms with Gasteiger partial charge < -0.3 is 5.73 Å². The molecular weight excluding hydrogens is 254 g/mol. The summed E-state index contributed by atoms with van der Waals surface area (Å²) in [6, 6.07) is 13.8. The fraction of sp³-hybridized carbons (Fsp3) is 0.400. The molecule has 0 radical (unpaired) electrons. The maximum atomic E-state index is 6.40. The molecule has 1 nitrogen and oxygen atoms in total. The Labute approximate surface area is 128 Å². The molecule has 2 aromatic rings. The molecule has 2 aromatic carbocycles. The van der Waals surface area contributed by atoms with Gasteiger partial charge in [0.05, 0.1) is 0 Å². The maximum absolute atomic E-state index is 6.40. The van der Waals surface area contributed by atoms with Gasteiger partial charge in [-0.2, -0.15) is 0 Å². The summed E-state index contributed by atoms with van der Waals surface area (Å²) >= 11 is 0. The summed E-state index contributed by atoms with van der Waals surface area (Å²) in [4.78, 5) is 0. The lowest BCUT2D eigenvalue weighted by Gasteiger charge is -2.15. The molecule has 0 amide bonds. The number of hydrogen-bond donors (Lipinski definition) is 1. The van der Waals surface area contributed by atoms with E-state index in [1.165, 1.54) is 41.5 Å². The fourth-order valence-corrected chi connectivity index (χ4v) is 3.43. The summed E-state index contributed by atoms with van der Waals surface area (Å²) in [5.74, 6) is 0. The molecule has 1 aliphatic rings. The van der Waals surface area contributed by atoms with E-state index >= 15 is 0 Å². The average molecular weight is 279 g/mol. The lowest BCUT2D eigenvalue weighted by Crippen LogP contribution is -2.26. The van der Waals surface area contributed by atoms with Crippen LogP contribution in [0.4, 0.5) is 0 Å². The highest BCUT2D eigenvalue weighted by molar-refractivity contribution is 5.36. The molecule has 0 fully saturated rings. The summed E-state index contributed by atoms with van der Waals surface area (Å²) in [6.45, 7) is 4.33. The molecule has 0 saturated heterocycles. The standard InChI is InChI=1S/C20H25N/c1-14-6-7-15(2)19(10-14)13-20(21)12-16-8-9-17-4-3-5-18(17)11-16/h6-11,20H,3-5,12-13,21H2,1-2H3. The fourth-order valence-electron chi connectivity index (χ4n) is 3.43. The van der Waals surface area contributed by atoms with Crippen molar-refractivity contribution in [2.24, 2.45) is 5.73 Å². The highest BCUT2D eigenvalue weighted by Crippen LogP contribution is 2.23. The first-order chi connectivity index (χ1) is 10.1. The summed E-state index contributed by atoms with van der Waals surface area (Å²) in [5, 5.41) is 0. The topological polar surface area (TPSA) is 26.0 Å². The molecule has 0 heterocycles. The van der Waals surface area contributed by atoms with Crippen molar-refractivity contribution in [2.45, 2.75) is 52.0 Å². The summed E-state index contributed by atoms with van der Waals surface area (Å²) < 4.78 is 0. The molecule has 1 unspecified atom stereocenters. The van der Waals surface area contributed by atoms with Gasteiger partial charge in [-0.15, -0.1) is 0 Å². The highest BCUT2D eigenvalue weighted by Gasteiger charge is 2.13. The lowest BCUT2D eigenvalue weighted by atomic mass is 9.94. The van der Waals surface area contributed by atoms with E-state index in [2.05, 4.69) is 50.2 Å².